The summed E-state index contributed by atoms with van der Waals surface area (Å²) in [6.07, 6.45) is 1.62. The highest BCUT2D eigenvalue weighted by Gasteiger charge is 2.38. The normalized spacial score (nSPS) is 21.6. The number of ether oxygens (including phenoxy) is 1. The van der Waals surface area contributed by atoms with E-state index in [1.165, 1.54) is 7.11 Å². The number of esters is 1. The van der Waals surface area contributed by atoms with Crippen LogP contribution in [0.1, 0.15) is 40.0 Å². The minimum atomic E-state index is -0.623. The number of amides is 2. The maximum atomic E-state index is 11.8. The van der Waals surface area contributed by atoms with Gasteiger partial charge in [-0.2, -0.15) is 0 Å². The second kappa shape index (κ2) is 8.00. The fourth-order valence-corrected chi connectivity index (χ4v) is 2.21. The third-order valence-electron chi connectivity index (χ3n) is 3.63. The number of hydrogen-bond donors (Lipinski definition) is 2. The minimum Gasteiger partial charge on any atom is -0.467 e. The van der Waals surface area contributed by atoms with Crippen LogP contribution in [0, 0.1) is 17.8 Å². The van der Waals surface area contributed by atoms with Crippen molar-refractivity contribution in [3.63, 3.8) is 0 Å². The van der Waals surface area contributed by atoms with Crippen LogP contribution in [0.5, 0.6) is 0 Å². The largest absolute Gasteiger partial charge is 0.467 e. The van der Waals surface area contributed by atoms with E-state index in [9.17, 15) is 14.4 Å². The van der Waals surface area contributed by atoms with E-state index in [0.717, 1.165) is 6.42 Å². The highest BCUT2D eigenvalue weighted by molar-refractivity contribution is 5.85. The van der Waals surface area contributed by atoms with Crippen molar-refractivity contribution in [3.8, 4) is 0 Å². The molecule has 0 saturated heterocycles. The van der Waals surface area contributed by atoms with Crippen molar-refractivity contribution in [2.75, 3.05) is 13.7 Å². The SMILES string of the molecule is COC(=O)[C@H](CC(C)C)NC(=O)CCNC(=O)[C@@H]1C[C@@H]1C. The molecule has 120 valence electrons. The fourth-order valence-electron chi connectivity index (χ4n) is 2.21. The summed E-state index contributed by atoms with van der Waals surface area (Å²) in [6.45, 7) is 6.27. The van der Waals surface area contributed by atoms with Crippen LogP contribution in [-0.2, 0) is 19.1 Å². The van der Waals surface area contributed by atoms with E-state index in [1.807, 2.05) is 20.8 Å². The highest BCUT2D eigenvalue weighted by atomic mass is 16.5. The molecule has 6 nitrogen and oxygen atoms in total. The van der Waals surface area contributed by atoms with E-state index in [1.54, 1.807) is 0 Å². The topological polar surface area (TPSA) is 84.5 Å². The van der Waals surface area contributed by atoms with Crippen LogP contribution in [0.4, 0.5) is 0 Å². The molecular weight excluding hydrogens is 272 g/mol. The maximum Gasteiger partial charge on any atom is 0.328 e. The van der Waals surface area contributed by atoms with Gasteiger partial charge in [-0.3, -0.25) is 9.59 Å². The Morgan fingerprint density at radius 3 is 2.38 bits per heavy atom. The predicted molar refractivity (Wildman–Crippen MR) is 78.3 cm³/mol. The Balaban J connectivity index is 2.29. The number of carbonyl (C=O) groups excluding carboxylic acids is 3. The molecule has 2 amide bonds. The van der Waals surface area contributed by atoms with Gasteiger partial charge < -0.3 is 15.4 Å². The molecule has 0 unspecified atom stereocenters. The summed E-state index contributed by atoms with van der Waals surface area (Å²) in [5.74, 6) is 0.154. The first kappa shape index (κ1) is 17.5. The minimum absolute atomic E-state index is 0.0157. The number of rotatable bonds is 8. The Hall–Kier alpha value is -1.59. The molecule has 0 aromatic carbocycles. The van der Waals surface area contributed by atoms with Gasteiger partial charge in [0.25, 0.3) is 0 Å². The first-order chi connectivity index (χ1) is 9.85. The van der Waals surface area contributed by atoms with Gasteiger partial charge in [-0.1, -0.05) is 20.8 Å². The second-order valence-electron chi connectivity index (χ2n) is 6.13. The van der Waals surface area contributed by atoms with Crippen LogP contribution in [0.3, 0.4) is 0 Å². The van der Waals surface area contributed by atoms with Crippen LogP contribution in [-0.4, -0.2) is 37.5 Å². The van der Waals surface area contributed by atoms with E-state index in [2.05, 4.69) is 15.4 Å². The van der Waals surface area contributed by atoms with Crippen molar-refractivity contribution >= 4 is 17.8 Å². The van der Waals surface area contributed by atoms with Gasteiger partial charge in [0.05, 0.1) is 7.11 Å². The number of nitrogens with one attached hydrogen (secondary N) is 2. The van der Waals surface area contributed by atoms with Gasteiger partial charge in [0.1, 0.15) is 6.04 Å². The van der Waals surface area contributed by atoms with Crippen molar-refractivity contribution < 1.29 is 19.1 Å². The van der Waals surface area contributed by atoms with E-state index < -0.39 is 12.0 Å². The average molecular weight is 298 g/mol. The van der Waals surface area contributed by atoms with Crippen LogP contribution < -0.4 is 10.6 Å². The fraction of sp³-hybridized carbons (Fsp3) is 0.800. The van der Waals surface area contributed by atoms with Crippen molar-refractivity contribution in [1.29, 1.82) is 0 Å². The van der Waals surface area contributed by atoms with Gasteiger partial charge in [0, 0.05) is 18.9 Å². The van der Waals surface area contributed by atoms with Crippen molar-refractivity contribution in [1.82, 2.24) is 10.6 Å². The number of hydrogen-bond acceptors (Lipinski definition) is 4. The molecule has 0 aromatic rings. The molecule has 0 spiro atoms. The third-order valence-corrected chi connectivity index (χ3v) is 3.63. The Morgan fingerprint density at radius 2 is 1.90 bits per heavy atom. The summed E-state index contributed by atoms with van der Waals surface area (Å²) in [7, 11) is 1.30. The quantitative estimate of drug-likeness (QED) is 0.651. The van der Waals surface area contributed by atoms with Crippen LogP contribution in [0.25, 0.3) is 0 Å². The monoisotopic (exact) mass is 298 g/mol. The third kappa shape index (κ3) is 6.14. The Morgan fingerprint density at radius 1 is 1.29 bits per heavy atom. The van der Waals surface area contributed by atoms with Gasteiger partial charge >= 0.3 is 5.97 Å². The van der Waals surface area contributed by atoms with Crippen molar-refractivity contribution in [3.05, 3.63) is 0 Å². The van der Waals surface area contributed by atoms with E-state index in [0.29, 0.717) is 18.9 Å². The molecule has 1 rings (SSSR count). The first-order valence-corrected chi connectivity index (χ1v) is 7.50. The standard InChI is InChI=1S/C15H26N2O4/c1-9(2)7-12(15(20)21-4)17-13(18)5-6-16-14(19)11-8-10(11)3/h9-12H,5-8H2,1-4H3,(H,16,19)(H,17,18)/t10-,11+,12-/m0/s1. The lowest BCUT2D eigenvalue weighted by Crippen LogP contribution is -2.43. The van der Waals surface area contributed by atoms with Gasteiger partial charge in [-0.05, 0) is 24.7 Å². The molecular formula is C15H26N2O4. The zero-order chi connectivity index (χ0) is 16.0. The Kier molecular flexibility index (Phi) is 6.65. The smallest absolute Gasteiger partial charge is 0.328 e. The molecule has 0 heterocycles. The Bertz CT molecular complexity index is 395. The zero-order valence-electron chi connectivity index (χ0n) is 13.3. The molecule has 1 saturated carbocycles. The molecule has 0 aromatic heterocycles. The summed E-state index contributed by atoms with van der Waals surface area (Å²) in [4.78, 5) is 35.0. The van der Waals surface area contributed by atoms with Crippen LogP contribution in [0.2, 0.25) is 0 Å². The zero-order valence-corrected chi connectivity index (χ0v) is 13.3. The maximum absolute atomic E-state index is 11.8. The highest BCUT2D eigenvalue weighted by Crippen LogP contribution is 2.37. The molecule has 21 heavy (non-hydrogen) atoms. The summed E-state index contributed by atoms with van der Waals surface area (Å²) < 4.78 is 4.68. The Labute approximate surface area is 126 Å². The van der Waals surface area contributed by atoms with Gasteiger partial charge in [-0.25, -0.2) is 4.79 Å². The molecule has 0 bridgehead atoms. The van der Waals surface area contributed by atoms with Crippen LogP contribution >= 0.6 is 0 Å². The summed E-state index contributed by atoms with van der Waals surface area (Å²) in [6, 6.07) is -0.623. The predicted octanol–water partition coefficient (Wildman–Crippen LogP) is 0.853. The lowest BCUT2D eigenvalue weighted by atomic mass is 10.0. The van der Waals surface area contributed by atoms with Crippen LogP contribution in [0.15, 0.2) is 0 Å². The van der Waals surface area contributed by atoms with Gasteiger partial charge in [0.15, 0.2) is 0 Å². The number of methoxy groups -OCH3 is 1. The molecule has 6 heteroatoms. The van der Waals surface area contributed by atoms with E-state index >= 15 is 0 Å². The van der Waals surface area contributed by atoms with Crippen molar-refractivity contribution in [2.45, 2.75) is 46.1 Å². The molecule has 1 aliphatic rings. The molecule has 0 radical (unpaired) electrons. The summed E-state index contributed by atoms with van der Waals surface area (Å²) >= 11 is 0. The van der Waals surface area contributed by atoms with E-state index in [4.69, 9.17) is 0 Å². The molecule has 1 fully saturated rings. The first-order valence-electron chi connectivity index (χ1n) is 7.50. The van der Waals surface area contributed by atoms with Gasteiger partial charge in [-0.15, -0.1) is 0 Å². The molecule has 2 N–H and O–H groups in total. The summed E-state index contributed by atoms with van der Waals surface area (Å²) in [5.41, 5.74) is 0. The second-order valence-corrected chi connectivity index (χ2v) is 6.13. The molecule has 3 atom stereocenters. The van der Waals surface area contributed by atoms with E-state index in [-0.39, 0.29) is 30.1 Å². The van der Waals surface area contributed by atoms with Crippen molar-refractivity contribution in [2.24, 2.45) is 17.8 Å². The lowest BCUT2D eigenvalue weighted by Gasteiger charge is -2.18. The average Bonchev–Trinajstić information content (AvgIpc) is 3.13. The number of carbonyl (C=O) groups is 3. The molecule has 0 aliphatic heterocycles. The summed E-state index contributed by atoms with van der Waals surface area (Å²) in [5, 5.41) is 5.41. The van der Waals surface area contributed by atoms with Gasteiger partial charge in [0.2, 0.25) is 11.8 Å². The molecule has 1 aliphatic carbocycles. The lowest BCUT2D eigenvalue weighted by molar-refractivity contribution is -0.145.